The van der Waals surface area contributed by atoms with Crippen LogP contribution in [0.1, 0.15) is 51.8 Å². The van der Waals surface area contributed by atoms with Crippen LogP contribution in [0.5, 0.6) is 0 Å². The molecular weight excluding hydrogens is 376 g/mol. The van der Waals surface area contributed by atoms with Gasteiger partial charge in [0.1, 0.15) is 0 Å². The Morgan fingerprint density at radius 3 is 2.20 bits per heavy atom. The maximum Gasteiger partial charge on any atom is 0.319 e. The summed E-state index contributed by atoms with van der Waals surface area (Å²) in [5, 5.41) is 5.79. The molecule has 0 saturated heterocycles. The SMILES string of the molecule is CC(=O)N(Cc1cc(NC(=O)NC(C)(C)C)ccc1N(C)C)C(C)c1ccccc1. The Kier molecular flexibility index (Phi) is 7.48. The maximum absolute atomic E-state index is 12.5. The summed E-state index contributed by atoms with van der Waals surface area (Å²) >= 11 is 0. The monoisotopic (exact) mass is 410 g/mol. The number of nitrogens with zero attached hydrogens (tertiary/aromatic N) is 2. The summed E-state index contributed by atoms with van der Waals surface area (Å²) < 4.78 is 0. The molecule has 2 N–H and O–H groups in total. The summed E-state index contributed by atoms with van der Waals surface area (Å²) in [7, 11) is 3.94. The fraction of sp³-hybridized carbons (Fsp3) is 0.417. The third-order valence-electron chi connectivity index (χ3n) is 4.80. The second kappa shape index (κ2) is 9.65. The molecule has 0 aliphatic rings. The number of hydrogen-bond acceptors (Lipinski definition) is 3. The van der Waals surface area contributed by atoms with Gasteiger partial charge in [-0.05, 0) is 57.0 Å². The van der Waals surface area contributed by atoms with Crippen LogP contribution in [-0.4, -0.2) is 36.5 Å². The standard InChI is InChI=1S/C24H34N4O2/c1-17(19-11-9-8-10-12-19)28(18(2)29)16-20-15-21(13-14-22(20)27(6)7)25-23(30)26-24(3,4)5/h8-15,17H,16H2,1-7H3,(H2,25,26,30). The van der Waals surface area contributed by atoms with Gasteiger partial charge in [0, 0.05) is 44.5 Å². The Hall–Kier alpha value is -3.02. The molecule has 0 aromatic heterocycles. The lowest BCUT2D eigenvalue weighted by atomic mass is 10.0. The second-order valence-corrected chi connectivity index (χ2v) is 8.80. The smallest absolute Gasteiger partial charge is 0.319 e. The summed E-state index contributed by atoms with van der Waals surface area (Å²) in [6.07, 6.45) is 0. The third-order valence-corrected chi connectivity index (χ3v) is 4.80. The van der Waals surface area contributed by atoms with Crippen molar-refractivity contribution in [1.82, 2.24) is 10.2 Å². The van der Waals surface area contributed by atoms with E-state index in [9.17, 15) is 9.59 Å². The van der Waals surface area contributed by atoms with E-state index in [0.717, 1.165) is 16.8 Å². The molecule has 6 nitrogen and oxygen atoms in total. The molecule has 3 amide bonds. The number of anilines is 2. The predicted octanol–water partition coefficient (Wildman–Crippen LogP) is 4.78. The Bertz CT molecular complexity index is 873. The van der Waals surface area contributed by atoms with Crippen molar-refractivity contribution in [3.05, 3.63) is 59.7 Å². The van der Waals surface area contributed by atoms with Crippen molar-refractivity contribution in [1.29, 1.82) is 0 Å². The van der Waals surface area contributed by atoms with Gasteiger partial charge < -0.3 is 20.4 Å². The minimum absolute atomic E-state index is 0.0000953. The first-order valence-electron chi connectivity index (χ1n) is 10.2. The van der Waals surface area contributed by atoms with E-state index >= 15 is 0 Å². The number of hydrogen-bond donors (Lipinski definition) is 2. The molecule has 6 heteroatoms. The van der Waals surface area contributed by atoms with Gasteiger partial charge in [-0.25, -0.2) is 4.79 Å². The molecular formula is C24H34N4O2. The lowest BCUT2D eigenvalue weighted by Crippen LogP contribution is -2.43. The van der Waals surface area contributed by atoms with Gasteiger partial charge in [-0.3, -0.25) is 4.79 Å². The van der Waals surface area contributed by atoms with Gasteiger partial charge in [0.25, 0.3) is 0 Å². The molecule has 0 fully saturated rings. The van der Waals surface area contributed by atoms with E-state index in [-0.39, 0.29) is 23.5 Å². The first kappa shape index (κ1) is 23.3. The zero-order valence-electron chi connectivity index (χ0n) is 19.1. The third kappa shape index (κ3) is 6.51. The molecule has 2 aromatic carbocycles. The number of benzene rings is 2. The summed E-state index contributed by atoms with van der Waals surface area (Å²) in [6, 6.07) is 15.4. The topological polar surface area (TPSA) is 64.7 Å². The number of nitrogens with one attached hydrogen (secondary N) is 2. The molecule has 1 atom stereocenters. The predicted molar refractivity (Wildman–Crippen MR) is 124 cm³/mol. The highest BCUT2D eigenvalue weighted by Crippen LogP contribution is 2.28. The van der Waals surface area contributed by atoms with Gasteiger partial charge in [-0.15, -0.1) is 0 Å². The van der Waals surface area contributed by atoms with Crippen LogP contribution in [-0.2, 0) is 11.3 Å². The number of amides is 3. The van der Waals surface area contributed by atoms with E-state index in [1.807, 2.05) is 100 Å². The Labute approximate surface area is 180 Å². The minimum Gasteiger partial charge on any atom is -0.377 e. The van der Waals surface area contributed by atoms with E-state index in [4.69, 9.17) is 0 Å². The molecule has 162 valence electrons. The molecule has 2 rings (SSSR count). The van der Waals surface area contributed by atoms with Crippen LogP contribution < -0.4 is 15.5 Å². The van der Waals surface area contributed by atoms with Gasteiger partial charge in [0.15, 0.2) is 0 Å². The van der Waals surface area contributed by atoms with Crippen LogP contribution >= 0.6 is 0 Å². The fourth-order valence-electron chi connectivity index (χ4n) is 3.35. The van der Waals surface area contributed by atoms with Crippen LogP contribution in [0.15, 0.2) is 48.5 Å². The summed E-state index contributed by atoms with van der Waals surface area (Å²) in [5.41, 5.74) is 3.41. The van der Waals surface area contributed by atoms with Gasteiger partial charge in [-0.1, -0.05) is 30.3 Å². The number of rotatable bonds is 6. The highest BCUT2D eigenvalue weighted by Gasteiger charge is 2.21. The normalized spacial score (nSPS) is 12.1. The van der Waals surface area contributed by atoms with Crippen molar-refractivity contribution in [2.45, 2.75) is 52.7 Å². The lowest BCUT2D eigenvalue weighted by Gasteiger charge is -2.30. The van der Waals surface area contributed by atoms with E-state index < -0.39 is 0 Å². The summed E-state index contributed by atoms with van der Waals surface area (Å²) in [6.45, 7) is 9.86. The van der Waals surface area contributed by atoms with Crippen LogP contribution in [0.3, 0.4) is 0 Å². The molecule has 0 heterocycles. The van der Waals surface area contributed by atoms with Crippen molar-refractivity contribution in [2.24, 2.45) is 0 Å². The average Bonchev–Trinajstić information content (AvgIpc) is 2.64. The molecule has 0 saturated carbocycles. The van der Waals surface area contributed by atoms with Crippen LogP contribution in [0, 0.1) is 0 Å². The van der Waals surface area contributed by atoms with Gasteiger partial charge in [-0.2, -0.15) is 0 Å². The number of carbonyl (C=O) groups is 2. The molecule has 30 heavy (non-hydrogen) atoms. The van der Waals surface area contributed by atoms with Crippen molar-refractivity contribution >= 4 is 23.3 Å². The highest BCUT2D eigenvalue weighted by molar-refractivity contribution is 5.90. The van der Waals surface area contributed by atoms with Gasteiger partial charge in [0.2, 0.25) is 5.91 Å². The van der Waals surface area contributed by atoms with Crippen molar-refractivity contribution in [3.8, 4) is 0 Å². The molecule has 0 aliphatic heterocycles. The van der Waals surface area contributed by atoms with E-state index in [1.165, 1.54) is 0 Å². The molecule has 0 aliphatic carbocycles. The van der Waals surface area contributed by atoms with Crippen LogP contribution in [0.2, 0.25) is 0 Å². The second-order valence-electron chi connectivity index (χ2n) is 8.80. The molecule has 2 aromatic rings. The van der Waals surface area contributed by atoms with Crippen molar-refractivity contribution in [3.63, 3.8) is 0 Å². The highest BCUT2D eigenvalue weighted by atomic mass is 16.2. The Balaban J connectivity index is 2.32. The quantitative estimate of drug-likeness (QED) is 0.720. The zero-order valence-corrected chi connectivity index (χ0v) is 19.1. The lowest BCUT2D eigenvalue weighted by molar-refractivity contribution is -0.131. The van der Waals surface area contributed by atoms with Crippen molar-refractivity contribution < 1.29 is 9.59 Å². The minimum atomic E-state index is -0.326. The summed E-state index contributed by atoms with van der Waals surface area (Å²) in [4.78, 5) is 28.6. The molecule has 0 spiro atoms. The zero-order chi connectivity index (χ0) is 22.5. The maximum atomic E-state index is 12.5. The number of carbonyl (C=O) groups excluding carboxylic acids is 2. The average molecular weight is 411 g/mol. The molecule has 1 unspecified atom stereocenters. The van der Waals surface area contributed by atoms with Crippen molar-refractivity contribution in [2.75, 3.05) is 24.3 Å². The van der Waals surface area contributed by atoms with E-state index in [2.05, 4.69) is 10.6 Å². The first-order valence-corrected chi connectivity index (χ1v) is 10.2. The largest absolute Gasteiger partial charge is 0.377 e. The fourth-order valence-corrected chi connectivity index (χ4v) is 3.35. The Morgan fingerprint density at radius 2 is 1.67 bits per heavy atom. The van der Waals surface area contributed by atoms with Gasteiger partial charge >= 0.3 is 6.03 Å². The van der Waals surface area contributed by atoms with Crippen LogP contribution in [0.25, 0.3) is 0 Å². The Morgan fingerprint density at radius 1 is 1.03 bits per heavy atom. The first-order chi connectivity index (χ1) is 14.0. The molecule has 0 bridgehead atoms. The van der Waals surface area contributed by atoms with E-state index in [0.29, 0.717) is 12.2 Å². The van der Waals surface area contributed by atoms with Gasteiger partial charge in [0.05, 0.1) is 6.04 Å². The van der Waals surface area contributed by atoms with Crippen LogP contribution in [0.4, 0.5) is 16.2 Å². The molecule has 0 radical (unpaired) electrons. The summed E-state index contributed by atoms with van der Waals surface area (Å²) in [5.74, 6) is -0.0000953. The van der Waals surface area contributed by atoms with E-state index in [1.54, 1.807) is 6.92 Å². The number of urea groups is 1.